The SMILES string of the molecule is CC(C)(C)OC(=O)Oc1cc(C2(c3cc(OC(=O)OC(C)(C)C)cc4ccccc34)OC(=O)c3ccccc32)c2ccccc2c1. The average Bonchev–Trinajstić information content (AvgIpc) is 3.27. The lowest BCUT2D eigenvalue weighted by molar-refractivity contribution is 0.0193. The maximum Gasteiger partial charge on any atom is 0.514 e. The Bertz CT molecular complexity index is 1900. The highest BCUT2D eigenvalue weighted by Crippen LogP contribution is 2.52. The topological polar surface area (TPSA) is 97.4 Å². The third kappa shape index (κ3) is 5.86. The number of benzene rings is 5. The molecule has 234 valence electrons. The van der Waals surface area contributed by atoms with E-state index in [4.69, 9.17) is 23.7 Å². The van der Waals surface area contributed by atoms with Gasteiger partial charge in [-0.05, 0) is 93.4 Å². The molecule has 8 heteroatoms. The Morgan fingerprint density at radius 1 is 0.587 bits per heavy atom. The predicted molar refractivity (Wildman–Crippen MR) is 173 cm³/mol. The number of hydrogen-bond donors (Lipinski definition) is 0. The predicted octanol–water partition coefficient (Wildman–Crippen LogP) is 9.08. The van der Waals surface area contributed by atoms with Crippen molar-refractivity contribution in [3.63, 3.8) is 0 Å². The molecule has 0 radical (unpaired) electrons. The van der Waals surface area contributed by atoms with E-state index in [1.165, 1.54) is 0 Å². The Labute approximate surface area is 266 Å². The van der Waals surface area contributed by atoms with Crippen molar-refractivity contribution in [3.05, 3.63) is 119 Å². The van der Waals surface area contributed by atoms with E-state index < -0.39 is 35.1 Å². The molecule has 0 aliphatic carbocycles. The Morgan fingerprint density at radius 2 is 1.02 bits per heavy atom. The van der Waals surface area contributed by atoms with Crippen molar-refractivity contribution in [1.29, 1.82) is 0 Å². The smallest absolute Gasteiger partial charge is 0.441 e. The van der Waals surface area contributed by atoms with Crippen molar-refractivity contribution in [1.82, 2.24) is 0 Å². The summed E-state index contributed by atoms with van der Waals surface area (Å²) >= 11 is 0. The van der Waals surface area contributed by atoms with Gasteiger partial charge in [0.05, 0.1) is 5.56 Å². The Balaban J connectivity index is 1.65. The van der Waals surface area contributed by atoms with Crippen molar-refractivity contribution in [2.75, 3.05) is 0 Å². The molecule has 1 aliphatic heterocycles. The van der Waals surface area contributed by atoms with Gasteiger partial charge in [-0.25, -0.2) is 14.4 Å². The summed E-state index contributed by atoms with van der Waals surface area (Å²) in [4.78, 5) is 39.4. The standard InChI is InChI=1S/C38H34O8/c1-36(2,3)45-34(40)42-25-19-23-13-7-9-15-27(23)31(21-25)38(30-18-12-11-17-29(30)33(39)44-38)32-22-26(43-35(41)46-37(4,5)6)20-24-14-8-10-16-28(24)32/h7-22H,1-6H3. The molecule has 0 saturated heterocycles. The van der Waals surface area contributed by atoms with Gasteiger partial charge in [0.25, 0.3) is 0 Å². The summed E-state index contributed by atoms with van der Waals surface area (Å²) in [5.41, 5.74) is -1.04. The summed E-state index contributed by atoms with van der Waals surface area (Å²) in [6.07, 6.45) is -1.74. The van der Waals surface area contributed by atoms with Gasteiger partial charge >= 0.3 is 18.3 Å². The molecular formula is C38H34O8. The van der Waals surface area contributed by atoms with Gasteiger partial charge in [-0.3, -0.25) is 0 Å². The van der Waals surface area contributed by atoms with Crippen LogP contribution in [0, 0.1) is 0 Å². The molecule has 1 heterocycles. The molecule has 0 aromatic heterocycles. The second-order valence-corrected chi connectivity index (χ2v) is 13.1. The number of fused-ring (bicyclic) bond motifs is 3. The minimum Gasteiger partial charge on any atom is -0.441 e. The first-order valence-electron chi connectivity index (χ1n) is 14.9. The molecule has 0 N–H and O–H groups in total. The molecule has 8 nitrogen and oxygen atoms in total. The molecule has 0 fully saturated rings. The normalized spacial score (nSPS) is 14.0. The zero-order valence-electron chi connectivity index (χ0n) is 26.5. The zero-order valence-corrected chi connectivity index (χ0v) is 26.5. The quantitative estimate of drug-likeness (QED) is 0.112. The molecule has 0 amide bonds. The summed E-state index contributed by atoms with van der Waals surface area (Å²) in [6.45, 7) is 10.5. The summed E-state index contributed by atoms with van der Waals surface area (Å²) in [5, 5.41) is 2.99. The van der Waals surface area contributed by atoms with E-state index in [1.807, 2.05) is 60.7 Å². The summed E-state index contributed by atoms with van der Waals surface area (Å²) in [7, 11) is 0. The first-order valence-corrected chi connectivity index (χ1v) is 14.9. The fraction of sp³-hybridized carbons (Fsp3) is 0.237. The van der Waals surface area contributed by atoms with E-state index in [9.17, 15) is 14.4 Å². The number of rotatable bonds is 4. The van der Waals surface area contributed by atoms with Crippen molar-refractivity contribution < 1.29 is 38.1 Å². The summed E-state index contributed by atoms with van der Waals surface area (Å²) in [6, 6.07) is 29.1. The van der Waals surface area contributed by atoms with E-state index in [-0.39, 0.29) is 11.5 Å². The number of esters is 1. The van der Waals surface area contributed by atoms with Gasteiger partial charge in [-0.2, -0.15) is 0 Å². The lowest BCUT2D eigenvalue weighted by Gasteiger charge is -2.33. The first kappa shape index (κ1) is 30.6. The van der Waals surface area contributed by atoms with Crippen LogP contribution in [0.4, 0.5) is 9.59 Å². The second kappa shape index (κ2) is 11.2. The van der Waals surface area contributed by atoms with E-state index in [2.05, 4.69) is 0 Å². The van der Waals surface area contributed by atoms with E-state index in [1.54, 1.807) is 77.9 Å². The molecule has 6 rings (SSSR count). The van der Waals surface area contributed by atoms with Gasteiger partial charge in [0, 0.05) is 16.7 Å². The van der Waals surface area contributed by atoms with Crippen LogP contribution in [0.3, 0.4) is 0 Å². The van der Waals surface area contributed by atoms with Crippen LogP contribution in [-0.4, -0.2) is 29.5 Å². The Hall–Kier alpha value is -5.37. The van der Waals surface area contributed by atoms with Gasteiger partial charge in [0.15, 0.2) is 5.60 Å². The maximum absolute atomic E-state index is 13.7. The Morgan fingerprint density at radius 3 is 1.50 bits per heavy atom. The molecule has 0 unspecified atom stereocenters. The van der Waals surface area contributed by atoms with Crippen molar-refractivity contribution in [2.24, 2.45) is 0 Å². The van der Waals surface area contributed by atoms with Crippen LogP contribution >= 0.6 is 0 Å². The number of carbonyl (C=O) groups is 3. The summed E-state index contributed by atoms with van der Waals surface area (Å²) < 4.78 is 28.8. The highest BCUT2D eigenvalue weighted by Gasteiger charge is 2.50. The minimum absolute atomic E-state index is 0.202. The van der Waals surface area contributed by atoms with Crippen LogP contribution in [0.2, 0.25) is 0 Å². The van der Waals surface area contributed by atoms with Crippen molar-refractivity contribution in [3.8, 4) is 11.5 Å². The number of hydrogen-bond acceptors (Lipinski definition) is 8. The van der Waals surface area contributed by atoms with Crippen molar-refractivity contribution in [2.45, 2.75) is 58.3 Å². The van der Waals surface area contributed by atoms with Crippen LogP contribution in [0.25, 0.3) is 21.5 Å². The highest BCUT2D eigenvalue weighted by atomic mass is 16.7. The lowest BCUT2D eigenvalue weighted by Crippen LogP contribution is -2.31. The molecule has 1 aliphatic rings. The molecular weight excluding hydrogens is 584 g/mol. The molecule has 46 heavy (non-hydrogen) atoms. The summed E-state index contributed by atoms with van der Waals surface area (Å²) in [5.74, 6) is -0.123. The van der Waals surface area contributed by atoms with Crippen molar-refractivity contribution >= 4 is 39.8 Å². The minimum atomic E-state index is -1.55. The van der Waals surface area contributed by atoms with Gasteiger partial charge in [-0.1, -0.05) is 66.7 Å². The van der Waals surface area contributed by atoms with Gasteiger partial charge < -0.3 is 23.7 Å². The van der Waals surface area contributed by atoms with Gasteiger partial charge in [0.2, 0.25) is 0 Å². The molecule has 0 atom stereocenters. The number of ether oxygens (including phenoxy) is 5. The highest BCUT2D eigenvalue weighted by molar-refractivity contribution is 6.01. The number of cyclic esters (lactones) is 1. The third-order valence-electron chi connectivity index (χ3n) is 7.38. The monoisotopic (exact) mass is 618 g/mol. The largest absolute Gasteiger partial charge is 0.514 e. The fourth-order valence-electron chi connectivity index (χ4n) is 5.76. The second-order valence-electron chi connectivity index (χ2n) is 13.1. The van der Waals surface area contributed by atoms with Gasteiger partial charge in [-0.15, -0.1) is 0 Å². The van der Waals surface area contributed by atoms with Crippen LogP contribution < -0.4 is 9.47 Å². The van der Waals surface area contributed by atoms with Crippen LogP contribution in [0.1, 0.15) is 68.6 Å². The van der Waals surface area contributed by atoms with Gasteiger partial charge in [0.1, 0.15) is 22.7 Å². The number of carbonyl (C=O) groups excluding carboxylic acids is 3. The molecule has 5 aromatic rings. The first-order chi connectivity index (χ1) is 21.7. The van der Waals surface area contributed by atoms with E-state index >= 15 is 0 Å². The Kier molecular flexibility index (Phi) is 7.47. The molecule has 0 spiro atoms. The van der Waals surface area contributed by atoms with Crippen LogP contribution in [0.15, 0.2) is 97.1 Å². The lowest BCUT2D eigenvalue weighted by atomic mass is 9.76. The molecule has 0 saturated carbocycles. The molecule has 5 aromatic carbocycles. The van der Waals surface area contributed by atoms with Crippen LogP contribution in [0.5, 0.6) is 11.5 Å². The maximum atomic E-state index is 13.7. The van der Waals surface area contributed by atoms with E-state index in [0.717, 1.165) is 21.5 Å². The third-order valence-corrected chi connectivity index (χ3v) is 7.38. The zero-order chi connectivity index (χ0) is 32.9. The van der Waals surface area contributed by atoms with E-state index in [0.29, 0.717) is 22.3 Å². The van der Waals surface area contributed by atoms with Crippen LogP contribution in [-0.2, 0) is 19.8 Å². The fourth-order valence-corrected chi connectivity index (χ4v) is 5.76. The molecule has 0 bridgehead atoms. The average molecular weight is 619 g/mol.